The van der Waals surface area contributed by atoms with Crippen molar-refractivity contribution in [3.05, 3.63) is 47.3 Å². The normalized spacial score (nSPS) is 13.5. The Labute approximate surface area is 183 Å². The number of aromatic nitrogens is 3. The van der Waals surface area contributed by atoms with E-state index in [0.717, 1.165) is 15.7 Å². The smallest absolute Gasteiger partial charge is 0.254 e. The highest BCUT2D eigenvalue weighted by Crippen LogP contribution is 2.33. The fraction of sp³-hybridized carbons (Fsp3) is 0.286. The molecule has 1 aromatic carbocycles. The predicted octanol–water partition coefficient (Wildman–Crippen LogP) is 3.04. The lowest BCUT2D eigenvalue weighted by Crippen LogP contribution is -2.40. The summed E-state index contributed by atoms with van der Waals surface area (Å²) in [5, 5.41) is 16.4. The highest BCUT2D eigenvalue weighted by Gasteiger charge is 2.19. The SMILES string of the molecule is CNc1nc(C)c(-c2nc(Nc3cccc(C(=O)N4CCOCC4)c3)ncc2C#N)s1. The second-order valence-corrected chi connectivity index (χ2v) is 7.86. The number of rotatable bonds is 5. The van der Waals surface area contributed by atoms with Crippen LogP contribution in [-0.2, 0) is 4.74 Å². The number of aryl methyl sites for hydroxylation is 1. The third-order valence-corrected chi connectivity index (χ3v) is 5.98. The van der Waals surface area contributed by atoms with E-state index in [1.165, 1.54) is 17.5 Å². The second kappa shape index (κ2) is 9.07. The molecule has 0 unspecified atom stereocenters. The van der Waals surface area contributed by atoms with E-state index < -0.39 is 0 Å². The lowest BCUT2D eigenvalue weighted by Gasteiger charge is -2.27. The zero-order chi connectivity index (χ0) is 21.8. The summed E-state index contributed by atoms with van der Waals surface area (Å²) in [4.78, 5) is 28.6. The van der Waals surface area contributed by atoms with Gasteiger partial charge in [0.15, 0.2) is 5.13 Å². The number of ether oxygens (including phenoxy) is 1. The monoisotopic (exact) mass is 435 g/mol. The largest absolute Gasteiger partial charge is 0.378 e. The van der Waals surface area contributed by atoms with E-state index >= 15 is 0 Å². The third-order valence-electron chi connectivity index (χ3n) is 4.80. The number of nitrogens with one attached hydrogen (secondary N) is 2. The molecule has 0 saturated carbocycles. The molecule has 1 aliphatic rings. The molecule has 0 radical (unpaired) electrons. The number of anilines is 3. The van der Waals surface area contributed by atoms with E-state index in [-0.39, 0.29) is 5.91 Å². The lowest BCUT2D eigenvalue weighted by molar-refractivity contribution is 0.0303. The molecule has 1 saturated heterocycles. The number of carbonyl (C=O) groups excluding carboxylic acids is 1. The summed E-state index contributed by atoms with van der Waals surface area (Å²) in [6.07, 6.45) is 1.49. The molecule has 0 atom stereocenters. The minimum atomic E-state index is -0.0340. The van der Waals surface area contributed by atoms with Crippen LogP contribution >= 0.6 is 11.3 Å². The molecule has 4 rings (SSSR count). The molecular formula is C21H21N7O2S. The van der Waals surface area contributed by atoms with Gasteiger partial charge in [-0.05, 0) is 25.1 Å². The van der Waals surface area contributed by atoms with Crippen LogP contribution in [0.4, 0.5) is 16.8 Å². The fourth-order valence-electron chi connectivity index (χ4n) is 3.23. The minimum absolute atomic E-state index is 0.0340. The summed E-state index contributed by atoms with van der Waals surface area (Å²) >= 11 is 1.43. The molecule has 0 bridgehead atoms. The van der Waals surface area contributed by atoms with Crippen molar-refractivity contribution < 1.29 is 9.53 Å². The van der Waals surface area contributed by atoms with Crippen molar-refractivity contribution in [2.24, 2.45) is 0 Å². The molecule has 2 aromatic heterocycles. The van der Waals surface area contributed by atoms with Gasteiger partial charge in [0.1, 0.15) is 11.8 Å². The summed E-state index contributed by atoms with van der Waals surface area (Å²) in [6, 6.07) is 9.36. The fourth-order valence-corrected chi connectivity index (χ4v) is 4.15. The van der Waals surface area contributed by atoms with Crippen molar-refractivity contribution in [2.75, 3.05) is 44.0 Å². The van der Waals surface area contributed by atoms with Crippen LogP contribution in [0.2, 0.25) is 0 Å². The van der Waals surface area contributed by atoms with Gasteiger partial charge in [-0.2, -0.15) is 5.26 Å². The van der Waals surface area contributed by atoms with E-state index in [4.69, 9.17) is 4.74 Å². The van der Waals surface area contributed by atoms with Crippen LogP contribution in [0.5, 0.6) is 0 Å². The van der Waals surface area contributed by atoms with Gasteiger partial charge in [0.05, 0.1) is 35.5 Å². The van der Waals surface area contributed by atoms with Gasteiger partial charge in [0, 0.05) is 31.4 Å². The number of nitrogens with zero attached hydrogens (tertiary/aromatic N) is 5. The molecule has 3 aromatic rings. The van der Waals surface area contributed by atoms with Crippen molar-refractivity contribution in [1.82, 2.24) is 19.9 Å². The summed E-state index contributed by atoms with van der Waals surface area (Å²) in [6.45, 7) is 4.15. The molecule has 1 aliphatic heterocycles. The highest BCUT2D eigenvalue weighted by atomic mass is 32.1. The van der Waals surface area contributed by atoms with Crippen molar-refractivity contribution in [1.29, 1.82) is 5.26 Å². The summed E-state index contributed by atoms with van der Waals surface area (Å²) < 4.78 is 5.32. The molecule has 10 heteroatoms. The Kier molecular flexibility index (Phi) is 6.06. The van der Waals surface area contributed by atoms with Crippen molar-refractivity contribution in [2.45, 2.75) is 6.92 Å². The van der Waals surface area contributed by atoms with E-state index in [1.54, 1.807) is 24.1 Å². The first-order valence-electron chi connectivity index (χ1n) is 9.76. The average Bonchev–Trinajstić information content (AvgIpc) is 3.20. The van der Waals surface area contributed by atoms with Gasteiger partial charge < -0.3 is 20.3 Å². The standard InChI is InChI=1S/C21H21N7O2S/c1-13-18(31-21(23-2)25-13)17-15(11-22)12-24-20(27-17)26-16-5-3-4-14(10-16)19(29)28-6-8-30-9-7-28/h3-5,10,12H,6-9H2,1-2H3,(H,23,25)(H,24,26,27). The summed E-state index contributed by atoms with van der Waals surface area (Å²) in [7, 11) is 1.80. The minimum Gasteiger partial charge on any atom is -0.378 e. The molecule has 158 valence electrons. The maximum atomic E-state index is 12.8. The number of thiazole rings is 1. The van der Waals surface area contributed by atoms with Crippen LogP contribution in [0.3, 0.4) is 0 Å². The number of carbonyl (C=O) groups is 1. The number of benzene rings is 1. The maximum Gasteiger partial charge on any atom is 0.254 e. The third kappa shape index (κ3) is 4.47. The van der Waals surface area contributed by atoms with Crippen molar-refractivity contribution in [3.63, 3.8) is 0 Å². The zero-order valence-corrected chi connectivity index (χ0v) is 18.0. The van der Waals surface area contributed by atoms with Gasteiger partial charge in [0.25, 0.3) is 5.91 Å². The van der Waals surface area contributed by atoms with E-state index in [1.807, 2.05) is 19.1 Å². The van der Waals surface area contributed by atoms with Crippen LogP contribution in [0.15, 0.2) is 30.5 Å². The Morgan fingerprint density at radius 2 is 2.10 bits per heavy atom. The van der Waals surface area contributed by atoms with Crippen LogP contribution in [0.25, 0.3) is 10.6 Å². The zero-order valence-electron chi connectivity index (χ0n) is 17.2. The number of hydrogen-bond donors (Lipinski definition) is 2. The quantitative estimate of drug-likeness (QED) is 0.628. The molecule has 0 spiro atoms. The average molecular weight is 436 g/mol. The molecular weight excluding hydrogens is 414 g/mol. The number of amides is 1. The number of hydrogen-bond acceptors (Lipinski definition) is 9. The Balaban J connectivity index is 1.60. The van der Waals surface area contributed by atoms with Crippen molar-refractivity contribution in [3.8, 4) is 16.6 Å². The van der Waals surface area contributed by atoms with Crippen LogP contribution in [0.1, 0.15) is 21.6 Å². The first-order valence-corrected chi connectivity index (χ1v) is 10.6. The molecule has 0 aliphatic carbocycles. The first kappa shape index (κ1) is 20.7. The Morgan fingerprint density at radius 3 is 2.81 bits per heavy atom. The second-order valence-electron chi connectivity index (χ2n) is 6.86. The summed E-state index contributed by atoms with van der Waals surface area (Å²) in [5.41, 5.74) is 2.95. The van der Waals surface area contributed by atoms with Gasteiger partial charge >= 0.3 is 0 Å². The Hall–Kier alpha value is -3.55. The van der Waals surface area contributed by atoms with Gasteiger partial charge in [-0.25, -0.2) is 15.0 Å². The Bertz CT molecular complexity index is 1150. The number of nitriles is 1. The highest BCUT2D eigenvalue weighted by molar-refractivity contribution is 7.19. The van der Waals surface area contributed by atoms with E-state index in [0.29, 0.717) is 54.8 Å². The molecule has 9 nitrogen and oxygen atoms in total. The molecule has 2 N–H and O–H groups in total. The van der Waals surface area contributed by atoms with Crippen LogP contribution in [-0.4, -0.2) is 59.1 Å². The predicted molar refractivity (Wildman–Crippen MR) is 119 cm³/mol. The lowest BCUT2D eigenvalue weighted by atomic mass is 10.1. The topological polar surface area (TPSA) is 116 Å². The Morgan fingerprint density at radius 1 is 1.29 bits per heavy atom. The van der Waals surface area contributed by atoms with E-state index in [9.17, 15) is 10.1 Å². The van der Waals surface area contributed by atoms with Gasteiger partial charge in [-0.3, -0.25) is 4.79 Å². The van der Waals surface area contributed by atoms with Crippen LogP contribution in [0, 0.1) is 18.3 Å². The van der Waals surface area contributed by atoms with Crippen LogP contribution < -0.4 is 10.6 Å². The first-order chi connectivity index (χ1) is 15.1. The number of morpholine rings is 1. The molecule has 1 fully saturated rings. The molecule has 3 heterocycles. The molecule has 1 amide bonds. The van der Waals surface area contributed by atoms with Gasteiger partial charge in [0.2, 0.25) is 5.95 Å². The maximum absolute atomic E-state index is 12.8. The molecule has 31 heavy (non-hydrogen) atoms. The van der Waals surface area contributed by atoms with Crippen molar-refractivity contribution >= 4 is 34.0 Å². The van der Waals surface area contributed by atoms with E-state index in [2.05, 4.69) is 31.7 Å². The summed E-state index contributed by atoms with van der Waals surface area (Å²) in [5.74, 6) is 0.303. The van der Waals surface area contributed by atoms with Gasteiger partial charge in [-0.15, -0.1) is 0 Å². The van der Waals surface area contributed by atoms with Gasteiger partial charge in [-0.1, -0.05) is 17.4 Å².